The van der Waals surface area contributed by atoms with Crippen LogP contribution in [-0.2, 0) is 9.59 Å². The van der Waals surface area contributed by atoms with Crippen LogP contribution >= 0.6 is 15.9 Å². The van der Waals surface area contributed by atoms with E-state index in [1.54, 1.807) is 0 Å². The average molecular weight is 384 g/mol. The number of carbonyl (C=O) groups is 2. The number of hydrogen-bond acceptors (Lipinski definition) is 2. The molecule has 1 aliphatic heterocycles. The fraction of sp³-hybridized carbons (Fsp3) is 0.300. The van der Waals surface area contributed by atoms with E-state index in [-0.39, 0.29) is 23.7 Å². The molecule has 4 rings (SSSR count). The highest BCUT2D eigenvalue weighted by Crippen LogP contribution is 2.45. The van der Waals surface area contributed by atoms with Gasteiger partial charge in [0.25, 0.3) is 0 Å². The molecule has 3 nitrogen and oxygen atoms in total. The Labute approximate surface area is 149 Å². The van der Waals surface area contributed by atoms with Crippen molar-refractivity contribution in [1.82, 2.24) is 0 Å². The van der Waals surface area contributed by atoms with E-state index in [1.807, 2.05) is 42.5 Å². The van der Waals surface area contributed by atoms with E-state index >= 15 is 0 Å². The van der Waals surface area contributed by atoms with Crippen molar-refractivity contribution in [3.05, 3.63) is 64.6 Å². The second-order valence-electron chi connectivity index (χ2n) is 6.62. The van der Waals surface area contributed by atoms with Crippen molar-refractivity contribution in [2.45, 2.75) is 25.2 Å². The van der Waals surface area contributed by atoms with Gasteiger partial charge in [0.2, 0.25) is 11.8 Å². The maximum atomic E-state index is 12.9. The Balaban J connectivity index is 1.60. The molecule has 2 aliphatic rings. The van der Waals surface area contributed by atoms with Crippen LogP contribution in [0.1, 0.15) is 30.7 Å². The number of halogens is 1. The summed E-state index contributed by atoms with van der Waals surface area (Å²) in [6.07, 6.45) is 2.53. The van der Waals surface area contributed by atoms with E-state index in [4.69, 9.17) is 0 Å². The van der Waals surface area contributed by atoms with Crippen LogP contribution < -0.4 is 4.90 Å². The van der Waals surface area contributed by atoms with Crippen molar-refractivity contribution in [2.75, 3.05) is 4.90 Å². The van der Waals surface area contributed by atoms with E-state index < -0.39 is 0 Å². The minimum atomic E-state index is -0.180. The standard InChI is InChI=1S/C20H18BrNO2/c21-15-7-9-16(10-8-15)22-19(23)17-11-6-14(12-18(17)20(22)24)13-4-2-1-3-5-13/h1-5,7-10,14,17-18H,6,11-12H2/t14-,17+,18-/m0/s1. The zero-order valence-electron chi connectivity index (χ0n) is 13.2. The summed E-state index contributed by atoms with van der Waals surface area (Å²) in [6, 6.07) is 17.7. The van der Waals surface area contributed by atoms with E-state index in [1.165, 1.54) is 10.5 Å². The number of nitrogens with zero attached hydrogens (tertiary/aromatic N) is 1. The van der Waals surface area contributed by atoms with Crippen LogP contribution in [0.5, 0.6) is 0 Å². The first-order chi connectivity index (χ1) is 11.6. The third-order valence-electron chi connectivity index (χ3n) is 5.28. The number of benzene rings is 2. The van der Waals surface area contributed by atoms with E-state index in [9.17, 15) is 9.59 Å². The fourth-order valence-corrected chi connectivity index (χ4v) is 4.32. The quantitative estimate of drug-likeness (QED) is 0.714. The smallest absolute Gasteiger partial charge is 0.237 e. The van der Waals surface area contributed by atoms with Gasteiger partial charge in [-0.3, -0.25) is 14.5 Å². The molecule has 1 aliphatic carbocycles. The van der Waals surface area contributed by atoms with Gasteiger partial charge in [-0.15, -0.1) is 0 Å². The zero-order valence-corrected chi connectivity index (χ0v) is 14.8. The third kappa shape index (κ3) is 2.59. The minimum Gasteiger partial charge on any atom is -0.274 e. The molecule has 122 valence electrons. The highest BCUT2D eigenvalue weighted by Gasteiger charge is 2.50. The van der Waals surface area contributed by atoms with Crippen molar-refractivity contribution in [1.29, 1.82) is 0 Å². The van der Waals surface area contributed by atoms with Crippen molar-refractivity contribution in [3.63, 3.8) is 0 Å². The number of rotatable bonds is 2. The van der Waals surface area contributed by atoms with Gasteiger partial charge in [-0.1, -0.05) is 46.3 Å². The lowest BCUT2D eigenvalue weighted by Crippen LogP contribution is -2.30. The number of anilines is 1. The molecule has 0 spiro atoms. The van der Waals surface area contributed by atoms with E-state index in [2.05, 4.69) is 28.1 Å². The van der Waals surface area contributed by atoms with Crippen LogP contribution in [0.3, 0.4) is 0 Å². The summed E-state index contributed by atoms with van der Waals surface area (Å²) in [4.78, 5) is 27.1. The van der Waals surface area contributed by atoms with Crippen LogP contribution in [0, 0.1) is 11.8 Å². The summed E-state index contributed by atoms with van der Waals surface area (Å²) in [6.45, 7) is 0. The molecule has 2 fully saturated rings. The Morgan fingerprint density at radius 2 is 1.50 bits per heavy atom. The molecule has 0 aromatic heterocycles. The molecule has 0 unspecified atom stereocenters. The van der Waals surface area contributed by atoms with Gasteiger partial charge in [0.1, 0.15) is 0 Å². The molecule has 24 heavy (non-hydrogen) atoms. The Morgan fingerprint density at radius 3 is 2.21 bits per heavy atom. The largest absolute Gasteiger partial charge is 0.274 e. The van der Waals surface area contributed by atoms with Gasteiger partial charge >= 0.3 is 0 Å². The lowest BCUT2D eigenvalue weighted by Gasteiger charge is -2.28. The number of hydrogen-bond donors (Lipinski definition) is 0. The molecular formula is C20H18BrNO2. The van der Waals surface area contributed by atoms with E-state index in [0.29, 0.717) is 11.6 Å². The first-order valence-corrected chi connectivity index (χ1v) is 9.13. The lowest BCUT2D eigenvalue weighted by atomic mass is 9.73. The first-order valence-electron chi connectivity index (χ1n) is 8.33. The van der Waals surface area contributed by atoms with Crippen LogP contribution in [-0.4, -0.2) is 11.8 Å². The minimum absolute atomic E-state index is 0.0289. The molecule has 1 saturated heterocycles. The van der Waals surface area contributed by atoms with Crippen molar-refractivity contribution < 1.29 is 9.59 Å². The molecule has 4 heteroatoms. The monoisotopic (exact) mass is 383 g/mol. The summed E-state index contributed by atoms with van der Waals surface area (Å²) in [5, 5.41) is 0. The van der Waals surface area contributed by atoms with Crippen molar-refractivity contribution >= 4 is 33.4 Å². The zero-order chi connectivity index (χ0) is 16.7. The van der Waals surface area contributed by atoms with Gasteiger partial charge < -0.3 is 0 Å². The number of amides is 2. The van der Waals surface area contributed by atoms with Gasteiger partial charge in [-0.2, -0.15) is 0 Å². The maximum absolute atomic E-state index is 12.9. The maximum Gasteiger partial charge on any atom is 0.237 e. The third-order valence-corrected chi connectivity index (χ3v) is 5.81. The Kier molecular flexibility index (Phi) is 4.01. The average Bonchev–Trinajstić information content (AvgIpc) is 2.87. The van der Waals surface area contributed by atoms with Crippen LogP contribution in [0.2, 0.25) is 0 Å². The second kappa shape index (κ2) is 6.17. The second-order valence-corrected chi connectivity index (χ2v) is 7.54. The van der Waals surface area contributed by atoms with Gasteiger partial charge in [0, 0.05) is 4.47 Å². The molecule has 0 radical (unpaired) electrons. The molecular weight excluding hydrogens is 366 g/mol. The summed E-state index contributed by atoms with van der Waals surface area (Å²) < 4.78 is 0.937. The molecule has 1 heterocycles. The normalized spacial score (nSPS) is 26.5. The Hall–Kier alpha value is -1.94. The fourth-order valence-electron chi connectivity index (χ4n) is 4.05. The highest BCUT2D eigenvalue weighted by molar-refractivity contribution is 9.10. The Morgan fingerprint density at radius 1 is 0.833 bits per heavy atom. The molecule has 0 N–H and O–H groups in total. The topological polar surface area (TPSA) is 37.4 Å². The predicted octanol–water partition coefficient (Wildman–Crippen LogP) is 4.52. The Bertz CT molecular complexity index is 772. The van der Waals surface area contributed by atoms with Gasteiger partial charge in [-0.25, -0.2) is 0 Å². The van der Waals surface area contributed by atoms with Crippen LogP contribution in [0.15, 0.2) is 59.1 Å². The summed E-state index contributed by atoms with van der Waals surface area (Å²) in [5.74, 6) is -0.0259. The number of imide groups is 1. The van der Waals surface area contributed by atoms with Gasteiger partial charge in [-0.05, 0) is 55.0 Å². The van der Waals surface area contributed by atoms with Gasteiger partial charge in [0.05, 0.1) is 17.5 Å². The van der Waals surface area contributed by atoms with Crippen molar-refractivity contribution in [3.8, 4) is 0 Å². The molecule has 0 bridgehead atoms. The SMILES string of the molecule is O=C1[C@H]2C[C@@H](c3ccccc3)CC[C@H]2C(=O)N1c1ccc(Br)cc1. The molecule has 2 aromatic rings. The number of fused-ring (bicyclic) bond motifs is 1. The summed E-state index contributed by atoms with van der Waals surface area (Å²) in [5.41, 5.74) is 1.96. The predicted molar refractivity (Wildman–Crippen MR) is 96.6 cm³/mol. The molecule has 2 amide bonds. The van der Waals surface area contributed by atoms with Crippen LogP contribution in [0.4, 0.5) is 5.69 Å². The first kappa shape index (κ1) is 15.6. The summed E-state index contributed by atoms with van der Waals surface area (Å²) in [7, 11) is 0. The van der Waals surface area contributed by atoms with Gasteiger partial charge in [0.15, 0.2) is 0 Å². The van der Waals surface area contributed by atoms with Crippen molar-refractivity contribution in [2.24, 2.45) is 11.8 Å². The lowest BCUT2D eigenvalue weighted by molar-refractivity contribution is -0.122. The highest BCUT2D eigenvalue weighted by atomic mass is 79.9. The van der Waals surface area contributed by atoms with E-state index in [0.717, 1.165) is 23.7 Å². The summed E-state index contributed by atoms with van der Waals surface area (Å²) >= 11 is 3.39. The number of carbonyl (C=O) groups excluding carboxylic acids is 2. The molecule has 3 atom stereocenters. The molecule has 1 saturated carbocycles. The molecule has 2 aromatic carbocycles. The van der Waals surface area contributed by atoms with Crippen LogP contribution in [0.25, 0.3) is 0 Å².